The molecular weight excluding hydrogens is 188 g/mol. The van der Waals surface area contributed by atoms with Gasteiger partial charge in [0.1, 0.15) is 11.5 Å². The molecule has 0 radical (unpaired) electrons. The number of nitriles is 2. The van der Waals surface area contributed by atoms with Crippen molar-refractivity contribution in [3.63, 3.8) is 0 Å². The average Bonchev–Trinajstić information content (AvgIpc) is 2.99. The van der Waals surface area contributed by atoms with Crippen molar-refractivity contribution in [3.05, 3.63) is 22.8 Å². The van der Waals surface area contributed by atoms with Gasteiger partial charge in [0.05, 0.1) is 23.2 Å². The summed E-state index contributed by atoms with van der Waals surface area (Å²) in [6, 6.07) is 4.27. The summed E-state index contributed by atoms with van der Waals surface area (Å²) in [5, 5.41) is 17.9. The van der Waals surface area contributed by atoms with Crippen LogP contribution in [-0.4, -0.2) is 9.97 Å². The molecule has 0 unspecified atom stereocenters. The summed E-state index contributed by atoms with van der Waals surface area (Å²) in [6.45, 7) is 3.60. The first-order chi connectivity index (χ1) is 7.13. The van der Waals surface area contributed by atoms with Gasteiger partial charge < -0.3 is 0 Å². The van der Waals surface area contributed by atoms with Crippen molar-refractivity contribution >= 4 is 0 Å². The number of nitrogens with zero attached hydrogens (tertiary/aromatic N) is 4. The van der Waals surface area contributed by atoms with E-state index in [0.717, 1.165) is 18.5 Å². The molecule has 0 spiro atoms. The zero-order chi connectivity index (χ0) is 11.1. The van der Waals surface area contributed by atoms with Gasteiger partial charge in [-0.15, -0.1) is 0 Å². The fourth-order valence-corrected chi connectivity index (χ4v) is 1.72. The molecule has 0 atom stereocenters. The lowest BCUT2D eigenvalue weighted by atomic mass is 10.0. The van der Waals surface area contributed by atoms with Crippen molar-refractivity contribution in [2.45, 2.75) is 32.1 Å². The highest BCUT2D eigenvalue weighted by Crippen LogP contribution is 2.47. The maximum absolute atomic E-state index is 9.07. The predicted octanol–water partition coefficient (Wildman–Crippen LogP) is 1.52. The summed E-state index contributed by atoms with van der Waals surface area (Å²) >= 11 is 0. The van der Waals surface area contributed by atoms with Crippen LogP contribution >= 0.6 is 0 Å². The second-order valence-corrected chi connectivity index (χ2v) is 3.90. The molecule has 1 aliphatic carbocycles. The molecule has 74 valence electrons. The Morgan fingerprint density at radius 2 is 1.80 bits per heavy atom. The van der Waals surface area contributed by atoms with Crippen LogP contribution in [0.15, 0.2) is 0 Å². The van der Waals surface area contributed by atoms with E-state index >= 15 is 0 Å². The van der Waals surface area contributed by atoms with Gasteiger partial charge in [-0.05, 0) is 26.7 Å². The van der Waals surface area contributed by atoms with Crippen LogP contribution in [0.1, 0.15) is 35.6 Å². The Kier molecular flexibility index (Phi) is 1.94. The van der Waals surface area contributed by atoms with Crippen LogP contribution in [0.2, 0.25) is 0 Å². The highest BCUT2D eigenvalue weighted by molar-refractivity contribution is 5.39. The van der Waals surface area contributed by atoms with Crippen LogP contribution in [0.3, 0.4) is 0 Å². The molecule has 0 aliphatic heterocycles. The van der Waals surface area contributed by atoms with Crippen molar-refractivity contribution < 1.29 is 0 Å². The topological polar surface area (TPSA) is 73.4 Å². The Morgan fingerprint density at radius 3 is 2.27 bits per heavy atom. The summed E-state index contributed by atoms with van der Waals surface area (Å²) < 4.78 is 0. The molecule has 1 aromatic rings. The van der Waals surface area contributed by atoms with Crippen LogP contribution in [-0.2, 0) is 5.41 Å². The predicted molar refractivity (Wildman–Crippen MR) is 52.7 cm³/mol. The van der Waals surface area contributed by atoms with Gasteiger partial charge in [0.15, 0.2) is 5.69 Å². The molecule has 1 heterocycles. The Hall–Kier alpha value is -1.94. The third kappa shape index (κ3) is 1.35. The minimum atomic E-state index is -0.462. The van der Waals surface area contributed by atoms with E-state index in [0.29, 0.717) is 17.1 Å². The summed E-state index contributed by atoms with van der Waals surface area (Å²) in [5.74, 6) is 0. The van der Waals surface area contributed by atoms with Gasteiger partial charge in [-0.3, -0.25) is 4.98 Å². The molecule has 0 saturated heterocycles. The Morgan fingerprint density at radius 1 is 1.13 bits per heavy atom. The molecule has 0 bridgehead atoms. The molecule has 15 heavy (non-hydrogen) atoms. The maximum atomic E-state index is 9.07. The smallest absolute Gasteiger partial charge is 0.162 e. The van der Waals surface area contributed by atoms with Gasteiger partial charge >= 0.3 is 0 Å². The number of aromatic nitrogens is 2. The first-order valence-corrected chi connectivity index (χ1v) is 4.80. The van der Waals surface area contributed by atoms with Crippen LogP contribution < -0.4 is 0 Å². The fourth-order valence-electron chi connectivity index (χ4n) is 1.72. The Bertz CT molecular complexity index is 501. The van der Waals surface area contributed by atoms with E-state index in [1.165, 1.54) is 0 Å². The van der Waals surface area contributed by atoms with Crippen molar-refractivity contribution in [1.82, 2.24) is 9.97 Å². The molecule has 4 nitrogen and oxygen atoms in total. The van der Waals surface area contributed by atoms with E-state index in [-0.39, 0.29) is 0 Å². The highest BCUT2D eigenvalue weighted by atomic mass is 14.9. The average molecular weight is 198 g/mol. The van der Waals surface area contributed by atoms with Gasteiger partial charge in [-0.25, -0.2) is 4.98 Å². The van der Waals surface area contributed by atoms with Gasteiger partial charge in [-0.2, -0.15) is 10.5 Å². The molecule has 1 saturated carbocycles. The minimum absolute atomic E-state index is 0.331. The van der Waals surface area contributed by atoms with E-state index in [2.05, 4.69) is 16.0 Å². The normalized spacial score (nSPS) is 16.5. The monoisotopic (exact) mass is 198 g/mol. The molecule has 0 aromatic carbocycles. The molecule has 0 N–H and O–H groups in total. The summed E-state index contributed by atoms with van der Waals surface area (Å²) in [7, 11) is 0. The lowest BCUT2D eigenvalue weighted by Crippen LogP contribution is -2.12. The van der Waals surface area contributed by atoms with Crippen LogP contribution in [0.25, 0.3) is 0 Å². The largest absolute Gasteiger partial charge is 0.253 e. The highest BCUT2D eigenvalue weighted by Gasteiger charge is 2.48. The second-order valence-electron chi connectivity index (χ2n) is 3.90. The molecular formula is C11H10N4. The molecule has 0 amide bonds. The third-order valence-corrected chi connectivity index (χ3v) is 2.77. The number of rotatable bonds is 1. The Balaban J connectivity index is 2.60. The van der Waals surface area contributed by atoms with Gasteiger partial charge in [0.2, 0.25) is 0 Å². The van der Waals surface area contributed by atoms with E-state index < -0.39 is 5.41 Å². The second kappa shape index (κ2) is 3.03. The van der Waals surface area contributed by atoms with Crippen LogP contribution in [0.4, 0.5) is 0 Å². The quantitative estimate of drug-likeness (QED) is 0.685. The van der Waals surface area contributed by atoms with Crippen LogP contribution in [0, 0.1) is 36.5 Å². The fraction of sp³-hybridized carbons (Fsp3) is 0.455. The van der Waals surface area contributed by atoms with Gasteiger partial charge in [-0.1, -0.05) is 0 Å². The molecule has 1 aromatic heterocycles. The van der Waals surface area contributed by atoms with E-state index in [4.69, 9.17) is 10.5 Å². The van der Waals surface area contributed by atoms with Crippen molar-refractivity contribution in [1.29, 1.82) is 10.5 Å². The number of hydrogen-bond donors (Lipinski definition) is 0. The molecule has 1 fully saturated rings. The Labute approximate surface area is 88.2 Å². The number of aryl methyl sites for hydroxylation is 2. The SMILES string of the molecule is Cc1nc(C)c(C2(C#N)CC2)nc1C#N. The van der Waals surface area contributed by atoms with E-state index in [1.54, 1.807) is 6.92 Å². The van der Waals surface area contributed by atoms with Crippen molar-refractivity contribution in [2.24, 2.45) is 0 Å². The lowest BCUT2D eigenvalue weighted by Gasteiger charge is -2.09. The van der Waals surface area contributed by atoms with Gasteiger partial charge in [0.25, 0.3) is 0 Å². The molecule has 4 heteroatoms. The van der Waals surface area contributed by atoms with Crippen molar-refractivity contribution in [3.8, 4) is 12.1 Å². The van der Waals surface area contributed by atoms with E-state index in [9.17, 15) is 0 Å². The first-order valence-electron chi connectivity index (χ1n) is 4.80. The van der Waals surface area contributed by atoms with Crippen molar-refractivity contribution in [2.75, 3.05) is 0 Å². The first kappa shape index (κ1) is 9.61. The van der Waals surface area contributed by atoms with Crippen LogP contribution in [0.5, 0.6) is 0 Å². The summed E-state index contributed by atoms with van der Waals surface area (Å²) in [6.07, 6.45) is 1.65. The number of hydrogen-bond acceptors (Lipinski definition) is 4. The molecule has 2 rings (SSSR count). The van der Waals surface area contributed by atoms with Gasteiger partial charge in [0, 0.05) is 0 Å². The third-order valence-electron chi connectivity index (χ3n) is 2.77. The van der Waals surface area contributed by atoms with E-state index in [1.807, 2.05) is 13.0 Å². The lowest BCUT2D eigenvalue weighted by molar-refractivity contribution is 0.807. The molecule has 1 aliphatic rings. The summed E-state index contributed by atoms with van der Waals surface area (Å²) in [5.41, 5.74) is 1.96. The summed E-state index contributed by atoms with van der Waals surface area (Å²) in [4.78, 5) is 8.51. The standard InChI is InChI=1S/C11H10N4/c1-7-9(5-12)15-10(8(2)14-7)11(6-13)3-4-11/h3-4H2,1-2H3. The maximum Gasteiger partial charge on any atom is 0.162 e. The zero-order valence-corrected chi connectivity index (χ0v) is 8.70. The minimum Gasteiger partial charge on any atom is -0.253 e. The zero-order valence-electron chi connectivity index (χ0n) is 8.70.